The molecule has 0 fully saturated rings. The summed E-state index contributed by atoms with van der Waals surface area (Å²) in [4.78, 5) is 1.24. The topological polar surface area (TPSA) is 27.7 Å². The number of benzene rings is 2. The molecule has 22 heavy (non-hydrogen) atoms. The van der Waals surface area contributed by atoms with Gasteiger partial charge in [0, 0.05) is 24.6 Å². The van der Waals surface area contributed by atoms with E-state index in [0.717, 1.165) is 17.2 Å². The third-order valence-corrected chi connectivity index (χ3v) is 6.17. The van der Waals surface area contributed by atoms with Crippen molar-refractivity contribution in [3.8, 4) is 27.7 Å². The first-order valence-corrected chi connectivity index (χ1v) is 8.56. The van der Waals surface area contributed by atoms with Crippen LogP contribution in [0.3, 0.4) is 0 Å². The summed E-state index contributed by atoms with van der Waals surface area (Å²) in [5.41, 5.74) is 1.18. The van der Waals surface area contributed by atoms with Crippen molar-refractivity contribution in [2.24, 2.45) is 0 Å². The second kappa shape index (κ2) is 6.34. The van der Waals surface area contributed by atoms with Gasteiger partial charge in [-0.15, -0.1) is 11.3 Å². The van der Waals surface area contributed by atoms with Crippen molar-refractivity contribution in [3.05, 3.63) is 40.0 Å². The van der Waals surface area contributed by atoms with Crippen molar-refractivity contribution in [1.82, 2.24) is 0 Å². The Balaban J connectivity index is 2.16. The smallest absolute Gasteiger partial charge is 0.162 e. The van der Waals surface area contributed by atoms with Gasteiger partial charge in [-0.2, -0.15) is 0 Å². The number of halogens is 1. The van der Waals surface area contributed by atoms with Gasteiger partial charge in [0.25, 0.3) is 0 Å². The molecule has 0 radical (unpaired) electrons. The van der Waals surface area contributed by atoms with Gasteiger partial charge in [0.05, 0.1) is 21.3 Å². The Labute approximate surface area is 147 Å². The molecule has 1 aromatic heterocycles. The van der Waals surface area contributed by atoms with Crippen LogP contribution in [0.25, 0.3) is 20.5 Å². The van der Waals surface area contributed by atoms with Crippen molar-refractivity contribution in [3.63, 3.8) is 0 Å². The molecule has 0 spiro atoms. The Morgan fingerprint density at radius 1 is 0.864 bits per heavy atom. The zero-order valence-electron chi connectivity index (χ0n) is 12.5. The monoisotopic (exact) mass is 426 g/mol. The summed E-state index contributed by atoms with van der Waals surface area (Å²) in [6, 6.07) is 12.2. The highest BCUT2D eigenvalue weighted by molar-refractivity contribution is 14.1. The minimum atomic E-state index is 0.756. The highest BCUT2D eigenvalue weighted by Crippen LogP contribution is 2.44. The van der Waals surface area contributed by atoms with Gasteiger partial charge in [0.2, 0.25) is 0 Å². The van der Waals surface area contributed by atoms with E-state index in [1.807, 2.05) is 24.3 Å². The van der Waals surface area contributed by atoms with Gasteiger partial charge >= 0.3 is 0 Å². The third-order valence-electron chi connectivity index (χ3n) is 3.49. The van der Waals surface area contributed by atoms with Crippen LogP contribution in [-0.4, -0.2) is 21.3 Å². The Kier molecular flexibility index (Phi) is 4.44. The highest BCUT2D eigenvalue weighted by atomic mass is 127. The van der Waals surface area contributed by atoms with Gasteiger partial charge in [-0.25, -0.2) is 0 Å². The molecule has 3 rings (SSSR count). The molecule has 0 unspecified atom stereocenters. The second-order valence-electron chi connectivity index (χ2n) is 4.68. The van der Waals surface area contributed by atoms with Crippen LogP contribution >= 0.6 is 33.9 Å². The van der Waals surface area contributed by atoms with Crippen LogP contribution in [0.5, 0.6) is 17.2 Å². The number of rotatable bonds is 4. The summed E-state index contributed by atoms with van der Waals surface area (Å²) in [7, 11) is 5.00. The molecular formula is C17H15IO3S. The first kappa shape index (κ1) is 15.4. The predicted octanol–water partition coefficient (Wildman–Crippen LogP) is 5.20. The molecule has 0 N–H and O–H groups in total. The van der Waals surface area contributed by atoms with E-state index in [-0.39, 0.29) is 0 Å². The van der Waals surface area contributed by atoms with Crippen LogP contribution < -0.4 is 14.2 Å². The molecule has 114 valence electrons. The van der Waals surface area contributed by atoms with Gasteiger partial charge < -0.3 is 14.2 Å². The number of hydrogen-bond acceptors (Lipinski definition) is 4. The summed E-state index contributed by atoms with van der Waals surface area (Å²) in [5, 5.41) is 1.19. The van der Waals surface area contributed by atoms with Crippen molar-refractivity contribution in [2.75, 3.05) is 21.3 Å². The molecule has 0 aliphatic heterocycles. The SMILES string of the molecule is COc1ccc(-c2sc3cc(OC)c(OC)cc3c2I)cc1. The summed E-state index contributed by atoms with van der Waals surface area (Å²) in [6.45, 7) is 0. The lowest BCUT2D eigenvalue weighted by atomic mass is 10.1. The number of thiophene rings is 1. The van der Waals surface area contributed by atoms with Crippen molar-refractivity contribution < 1.29 is 14.2 Å². The molecule has 3 aromatic rings. The Hall–Kier alpha value is -1.47. The van der Waals surface area contributed by atoms with E-state index in [0.29, 0.717) is 0 Å². The fraction of sp³-hybridized carbons (Fsp3) is 0.176. The third kappa shape index (κ3) is 2.63. The maximum absolute atomic E-state index is 5.40. The van der Waals surface area contributed by atoms with E-state index < -0.39 is 0 Å². The second-order valence-corrected chi connectivity index (χ2v) is 6.81. The van der Waals surface area contributed by atoms with Gasteiger partial charge in [-0.05, 0) is 58.5 Å². The van der Waals surface area contributed by atoms with Crippen LogP contribution in [0, 0.1) is 3.57 Å². The lowest BCUT2D eigenvalue weighted by Gasteiger charge is -2.07. The molecule has 0 amide bonds. The van der Waals surface area contributed by atoms with E-state index in [9.17, 15) is 0 Å². The average molecular weight is 426 g/mol. The first-order chi connectivity index (χ1) is 10.7. The van der Waals surface area contributed by atoms with Gasteiger partial charge in [0.1, 0.15) is 5.75 Å². The fourth-order valence-corrected chi connectivity index (χ4v) is 4.70. The van der Waals surface area contributed by atoms with Gasteiger partial charge in [-0.3, -0.25) is 0 Å². The number of fused-ring (bicyclic) bond motifs is 1. The van der Waals surface area contributed by atoms with Crippen LogP contribution in [0.1, 0.15) is 0 Å². The zero-order valence-corrected chi connectivity index (χ0v) is 15.4. The van der Waals surface area contributed by atoms with Crippen molar-refractivity contribution in [1.29, 1.82) is 0 Å². The van der Waals surface area contributed by atoms with Crippen LogP contribution in [0.15, 0.2) is 36.4 Å². The van der Waals surface area contributed by atoms with Gasteiger partial charge in [-0.1, -0.05) is 0 Å². The summed E-state index contributed by atoms with van der Waals surface area (Å²) >= 11 is 4.15. The quantitative estimate of drug-likeness (QED) is 0.537. The first-order valence-electron chi connectivity index (χ1n) is 6.66. The maximum Gasteiger partial charge on any atom is 0.162 e. The normalized spacial score (nSPS) is 10.7. The molecule has 3 nitrogen and oxygen atoms in total. The molecule has 0 atom stereocenters. The minimum Gasteiger partial charge on any atom is -0.497 e. The maximum atomic E-state index is 5.40. The number of ether oxygens (including phenoxy) is 3. The zero-order chi connectivity index (χ0) is 15.7. The molecule has 0 saturated heterocycles. The molecule has 0 aliphatic carbocycles. The lowest BCUT2D eigenvalue weighted by Crippen LogP contribution is -1.89. The fourth-order valence-electron chi connectivity index (χ4n) is 2.32. The summed E-state index contributed by atoms with van der Waals surface area (Å²) in [5.74, 6) is 2.38. The summed E-state index contributed by atoms with van der Waals surface area (Å²) in [6.07, 6.45) is 0. The largest absolute Gasteiger partial charge is 0.497 e. The van der Waals surface area contributed by atoms with E-state index in [4.69, 9.17) is 14.2 Å². The standard InChI is InChI=1S/C17H15IO3S/c1-19-11-6-4-10(5-7-11)17-16(18)12-8-13(20-2)14(21-3)9-15(12)22-17/h4-9H,1-3H3. The van der Waals surface area contributed by atoms with Crippen molar-refractivity contribution >= 4 is 44.0 Å². The van der Waals surface area contributed by atoms with Crippen LogP contribution in [-0.2, 0) is 0 Å². The highest BCUT2D eigenvalue weighted by Gasteiger charge is 2.15. The van der Waals surface area contributed by atoms with Gasteiger partial charge in [0.15, 0.2) is 11.5 Å². The Morgan fingerprint density at radius 2 is 1.50 bits per heavy atom. The van der Waals surface area contributed by atoms with Crippen LogP contribution in [0.2, 0.25) is 0 Å². The molecular weight excluding hydrogens is 411 g/mol. The van der Waals surface area contributed by atoms with Crippen LogP contribution in [0.4, 0.5) is 0 Å². The van der Waals surface area contributed by atoms with E-state index in [1.165, 1.54) is 24.1 Å². The minimum absolute atomic E-state index is 0.756. The van der Waals surface area contributed by atoms with E-state index in [2.05, 4.69) is 34.7 Å². The molecule has 2 aromatic carbocycles. The molecule has 1 heterocycles. The Bertz CT molecular complexity index is 809. The van der Waals surface area contributed by atoms with Crippen molar-refractivity contribution in [2.45, 2.75) is 0 Å². The Morgan fingerprint density at radius 3 is 2.09 bits per heavy atom. The predicted molar refractivity (Wildman–Crippen MR) is 99.6 cm³/mol. The number of methoxy groups -OCH3 is 3. The molecule has 0 aliphatic rings. The van der Waals surface area contributed by atoms with E-state index in [1.54, 1.807) is 32.7 Å². The molecule has 5 heteroatoms. The summed E-state index contributed by atoms with van der Waals surface area (Å²) < 4.78 is 18.4. The molecule has 0 bridgehead atoms. The lowest BCUT2D eigenvalue weighted by molar-refractivity contribution is 0.356. The molecule has 0 saturated carbocycles. The average Bonchev–Trinajstić information content (AvgIpc) is 2.89. The van der Waals surface area contributed by atoms with E-state index >= 15 is 0 Å². The number of hydrogen-bond donors (Lipinski definition) is 0.